The van der Waals surface area contributed by atoms with E-state index in [-0.39, 0.29) is 36.4 Å². The summed E-state index contributed by atoms with van der Waals surface area (Å²) in [4.78, 5) is 16.6. The van der Waals surface area contributed by atoms with Crippen molar-refractivity contribution in [3.05, 3.63) is 101 Å². The van der Waals surface area contributed by atoms with Gasteiger partial charge in [-0.05, 0) is 59.7 Å². The third-order valence-electron chi connectivity index (χ3n) is 6.39. The van der Waals surface area contributed by atoms with E-state index in [1.807, 2.05) is 47.2 Å². The van der Waals surface area contributed by atoms with E-state index in [0.29, 0.717) is 28.5 Å². The van der Waals surface area contributed by atoms with Gasteiger partial charge in [-0.3, -0.25) is 4.79 Å². The quantitative estimate of drug-likeness (QED) is 0.264. The normalized spacial score (nSPS) is 12.3. The van der Waals surface area contributed by atoms with Gasteiger partial charge in [0, 0.05) is 23.3 Å². The molecule has 0 bridgehead atoms. The lowest BCUT2D eigenvalue weighted by molar-refractivity contribution is -0.115. The molecule has 0 spiro atoms. The van der Waals surface area contributed by atoms with Crippen molar-refractivity contribution in [3.63, 3.8) is 0 Å². The summed E-state index contributed by atoms with van der Waals surface area (Å²) in [5, 5.41) is 3.21. The van der Waals surface area contributed by atoms with E-state index < -0.39 is 5.82 Å². The second-order valence-corrected chi connectivity index (χ2v) is 9.61. The average molecular weight is 550 g/mol. The Morgan fingerprint density at radius 3 is 2.49 bits per heavy atom. The Morgan fingerprint density at radius 1 is 1.03 bits per heavy atom. The topological polar surface area (TPSA) is 54.0 Å². The molecule has 1 aliphatic rings. The van der Waals surface area contributed by atoms with E-state index in [1.54, 1.807) is 18.2 Å². The summed E-state index contributed by atoms with van der Waals surface area (Å²) in [6.45, 7) is 0.646. The molecule has 0 fully saturated rings. The maximum absolute atomic E-state index is 15.4. The van der Waals surface area contributed by atoms with Gasteiger partial charge in [-0.15, -0.1) is 0 Å². The van der Waals surface area contributed by atoms with Crippen molar-refractivity contribution in [3.8, 4) is 22.6 Å². The highest BCUT2D eigenvalue weighted by atomic mass is 35.5. The standard InChI is InChI=1S/C30H26ClF2N3O3/c1-35-18-36(16-28(37)34-23-10-8-22(32)9-11-23)26-15-21(31)14-24(29(26)35)20-12-25(33)30(27(13-20)38-2)39-17-19-6-4-3-5-7-19/h3-15H,16-18H2,1-2H3,(H,34,37). The maximum Gasteiger partial charge on any atom is 0.243 e. The third kappa shape index (κ3) is 5.76. The van der Waals surface area contributed by atoms with Gasteiger partial charge >= 0.3 is 0 Å². The third-order valence-corrected chi connectivity index (χ3v) is 6.61. The molecule has 0 saturated heterocycles. The minimum Gasteiger partial charge on any atom is -0.493 e. The molecule has 39 heavy (non-hydrogen) atoms. The molecule has 1 N–H and O–H groups in total. The summed E-state index contributed by atoms with van der Waals surface area (Å²) in [6, 6.07) is 21.7. The molecule has 4 aromatic carbocycles. The van der Waals surface area contributed by atoms with Crippen molar-refractivity contribution in [2.45, 2.75) is 6.61 Å². The second kappa shape index (κ2) is 11.2. The fourth-order valence-corrected chi connectivity index (χ4v) is 4.85. The van der Waals surface area contributed by atoms with Gasteiger partial charge in [0.2, 0.25) is 5.91 Å². The lowest BCUT2D eigenvalue weighted by Crippen LogP contribution is -2.35. The number of benzene rings is 4. The van der Waals surface area contributed by atoms with Crippen LogP contribution in [0, 0.1) is 11.6 Å². The number of hydrogen-bond donors (Lipinski definition) is 1. The number of carbonyl (C=O) groups excluding carboxylic acids is 1. The van der Waals surface area contributed by atoms with Crippen LogP contribution in [0.25, 0.3) is 11.1 Å². The zero-order valence-corrected chi connectivity index (χ0v) is 22.1. The molecule has 0 saturated carbocycles. The smallest absolute Gasteiger partial charge is 0.243 e. The maximum atomic E-state index is 15.4. The first kappa shape index (κ1) is 26.3. The van der Waals surface area contributed by atoms with Crippen LogP contribution < -0.4 is 24.6 Å². The number of rotatable bonds is 8. The highest BCUT2D eigenvalue weighted by Gasteiger charge is 2.29. The molecule has 5 rings (SSSR count). The highest BCUT2D eigenvalue weighted by molar-refractivity contribution is 6.31. The molecule has 200 valence electrons. The Balaban J connectivity index is 1.42. The summed E-state index contributed by atoms with van der Waals surface area (Å²) in [6.07, 6.45) is 0. The molecule has 0 aromatic heterocycles. The number of nitrogens with zero attached hydrogens (tertiary/aromatic N) is 2. The fourth-order valence-electron chi connectivity index (χ4n) is 4.64. The molecule has 0 unspecified atom stereocenters. The van der Waals surface area contributed by atoms with Crippen molar-refractivity contribution < 1.29 is 23.0 Å². The number of methoxy groups -OCH3 is 1. The Labute approximate surface area is 230 Å². The number of hydrogen-bond acceptors (Lipinski definition) is 5. The van der Waals surface area contributed by atoms with Crippen molar-refractivity contribution in [2.24, 2.45) is 0 Å². The largest absolute Gasteiger partial charge is 0.493 e. The second-order valence-electron chi connectivity index (χ2n) is 9.18. The fraction of sp³-hybridized carbons (Fsp3) is 0.167. The van der Waals surface area contributed by atoms with E-state index in [2.05, 4.69) is 5.32 Å². The summed E-state index contributed by atoms with van der Waals surface area (Å²) in [5.41, 5.74) is 4.18. The van der Waals surface area contributed by atoms with Crippen LogP contribution in [0.2, 0.25) is 5.02 Å². The Morgan fingerprint density at radius 2 is 1.77 bits per heavy atom. The Hall–Kier alpha value is -4.30. The van der Waals surface area contributed by atoms with Gasteiger partial charge in [-0.25, -0.2) is 8.78 Å². The number of ether oxygens (including phenoxy) is 2. The molecule has 4 aromatic rings. The minimum atomic E-state index is -0.565. The van der Waals surface area contributed by atoms with Crippen molar-refractivity contribution in [2.75, 3.05) is 42.5 Å². The predicted octanol–water partition coefficient (Wildman–Crippen LogP) is 6.73. The molecule has 1 aliphatic heterocycles. The first-order chi connectivity index (χ1) is 18.8. The van der Waals surface area contributed by atoms with Crippen LogP contribution in [0.15, 0.2) is 78.9 Å². The van der Waals surface area contributed by atoms with Crippen LogP contribution in [-0.2, 0) is 11.4 Å². The van der Waals surface area contributed by atoms with Gasteiger partial charge in [0.25, 0.3) is 0 Å². The van der Waals surface area contributed by atoms with Crippen molar-refractivity contribution >= 4 is 34.6 Å². The molecule has 0 radical (unpaired) electrons. The van der Waals surface area contributed by atoms with Gasteiger partial charge in [-0.1, -0.05) is 41.9 Å². The number of halogens is 3. The Bertz CT molecular complexity index is 1500. The van der Waals surface area contributed by atoms with Crippen LogP contribution in [0.4, 0.5) is 25.8 Å². The molecule has 1 heterocycles. The molecule has 9 heteroatoms. The lowest BCUT2D eigenvalue weighted by Gasteiger charge is -2.19. The number of anilines is 3. The molecular formula is C30H26ClF2N3O3. The first-order valence-corrected chi connectivity index (χ1v) is 12.6. The summed E-state index contributed by atoms with van der Waals surface area (Å²) >= 11 is 6.50. The number of amides is 1. The van der Waals surface area contributed by atoms with Crippen molar-refractivity contribution in [1.29, 1.82) is 0 Å². The summed E-state index contributed by atoms with van der Waals surface area (Å²) in [7, 11) is 3.35. The SMILES string of the molecule is COc1cc(-c2cc(Cl)cc3c2N(C)CN3CC(=O)Nc2ccc(F)cc2)cc(F)c1OCc1ccccc1. The van der Waals surface area contributed by atoms with Gasteiger partial charge in [0.1, 0.15) is 12.4 Å². The molecule has 0 atom stereocenters. The first-order valence-electron chi connectivity index (χ1n) is 12.2. The molecule has 1 amide bonds. The number of fused-ring (bicyclic) bond motifs is 1. The number of nitrogens with one attached hydrogen (secondary N) is 1. The minimum absolute atomic E-state index is 0.0243. The number of carbonyl (C=O) groups is 1. The van der Waals surface area contributed by atoms with E-state index in [4.69, 9.17) is 21.1 Å². The van der Waals surface area contributed by atoms with Gasteiger partial charge < -0.3 is 24.6 Å². The van der Waals surface area contributed by atoms with Gasteiger partial charge in [-0.2, -0.15) is 0 Å². The zero-order valence-electron chi connectivity index (χ0n) is 21.4. The van der Waals surface area contributed by atoms with Gasteiger partial charge in [0.15, 0.2) is 17.3 Å². The highest BCUT2D eigenvalue weighted by Crippen LogP contribution is 2.47. The average Bonchev–Trinajstić information content (AvgIpc) is 3.23. The summed E-state index contributed by atoms with van der Waals surface area (Å²) < 4.78 is 39.9. The summed E-state index contributed by atoms with van der Waals surface area (Å²) in [5.74, 6) is -0.932. The van der Waals surface area contributed by atoms with Crippen LogP contribution >= 0.6 is 11.6 Å². The van der Waals surface area contributed by atoms with E-state index >= 15 is 4.39 Å². The monoisotopic (exact) mass is 549 g/mol. The zero-order chi connectivity index (χ0) is 27.5. The van der Waals surface area contributed by atoms with Crippen LogP contribution in [0.5, 0.6) is 11.5 Å². The van der Waals surface area contributed by atoms with E-state index in [0.717, 1.165) is 16.9 Å². The molecule has 0 aliphatic carbocycles. The predicted molar refractivity (Wildman–Crippen MR) is 150 cm³/mol. The van der Waals surface area contributed by atoms with E-state index in [9.17, 15) is 9.18 Å². The molecular weight excluding hydrogens is 524 g/mol. The lowest BCUT2D eigenvalue weighted by atomic mass is 10.0. The van der Waals surface area contributed by atoms with Crippen molar-refractivity contribution in [1.82, 2.24) is 0 Å². The van der Waals surface area contributed by atoms with Gasteiger partial charge in [0.05, 0.1) is 31.7 Å². The Kier molecular flexibility index (Phi) is 7.56. The molecule has 6 nitrogen and oxygen atoms in total. The van der Waals surface area contributed by atoms with Crippen LogP contribution in [0.1, 0.15) is 5.56 Å². The van der Waals surface area contributed by atoms with Crippen LogP contribution in [-0.4, -0.2) is 33.3 Å². The van der Waals surface area contributed by atoms with E-state index in [1.165, 1.54) is 37.4 Å². The van der Waals surface area contributed by atoms with Crippen LogP contribution in [0.3, 0.4) is 0 Å².